The topological polar surface area (TPSA) is 95.2 Å². The molecule has 31 heavy (non-hydrogen) atoms. The number of amides is 1. The van der Waals surface area contributed by atoms with E-state index in [1.165, 1.54) is 20.2 Å². The molecule has 158 valence electrons. The quantitative estimate of drug-likeness (QED) is 0.423. The highest BCUT2D eigenvalue weighted by Gasteiger charge is 2.22. The van der Waals surface area contributed by atoms with Crippen molar-refractivity contribution < 1.29 is 13.2 Å². The van der Waals surface area contributed by atoms with E-state index in [0.717, 1.165) is 20.9 Å². The molecule has 1 aromatic heterocycles. The molecule has 3 aromatic carbocycles. The highest BCUT2D eigenvalue weighted by Crippen LogP contribution is 2.27. The molecule has 4 aromatic rings. The molecule has 7 nitrogen and oxygen atoms in total. The molecule has 0 atom stereocenters. The summed E-state index contributed by atoms with van der Waals surface area (Å²) in [5.41, 5.74) is 3.41. The van der Waals surface area contributed by atoms with E-state index in [-0.39, 0.29) is 10.5 Å². The number of nitrogens with zero attached hydrogens (tertiary/aromatic N) is 2. The monoisotopic (exact) mass is 498 g/mol. The van der Waals surface area contributed by atoms with Crippen molar-refractivity contribution in [3.8, 4) is 11.4 Å². The van der Waals surface area contributed by atoms with Crippen molar-refractivity contribution in [2.75, 3.05) is 19.4 Å². The third-order valence-corrected chi connectivity index (χ3v) is 7.54. The Labute approximate surface area is 188 Å². The van der Waals surface area contributed by atoms with Gasteiger partial charge in [0.15, 0.2) is 0 Å². The lowest BCUT2D eigenvalue weighted by atomic mass is 10.1. The van der Waals surface area contributed by atoms with Gasteiger partial charge >= 0.3 is 0 Å². The van der Waals surface area contributed by atoms with Gasteiger partial charge in [-0.15, -0.1) is 0 Å². The lowest BCUT2D eigenvalue weighted by Crippen LogP contribution is -2.23. The number of sulfonamides is 1. The van der Waals surface area contributed by atoms with Crippen LogP contribution in [0.2, 0.25) is 0 Å². The second kappa shape index (κ2) is 8.26. The molecule has 0 bridgehead atoms. The SMILES string of the molecule is CN(C)S(=O)(=O)c1cc(C(=O)Nc2cccc(-c3nc4ccccc4[nH]3)c2)ccc1Br. The van der Waals surface area contributed by atoms with Gasteiger partial charge in [0.2, 0.25) is 10.0 Å². The number of halogens is 1. The van der Waals surface area contributed by atoms with Crippen LogP contribution in [0.1, 0.15) is 10.4 Å². The van der Waals surface area contributed by atoms with Crippen LogP contribution in [0.25, 0.3) is 22.4 Å². The van der Waals surface area contributed by atoms with Gasteiger partial charge in [0.1, 0.15) is 5.82 Å². The number of fused-ring (bicyclic) bond motifs is 1. The molecule has 0 saturated carbocycles. The number of carbonyl (C=O) groups is 1. The van der Waals surface area contributed by atoms with Gasteiger partial charge in [-0.1, -0.05) is 24.3 Å². The average molecular weight is 499 g/mol. The fourth-order valence-electron chi connectivity index (χ4n) is 3.08. The predicted molar refractivity (Wildman–Crippen MR) is 124 cm³/mol. The van der Waals surface area contributed by atoms with Crippen LogP contribution in [0.5, 0.6) is 0 Å². The van der Waals surface area contributed by atoms with Crippen LogP contribution >= 0.6 is 15.9 Å². The maximum Gasteiger partial charge on any atom is 0.255 e. The smallest absolute Gasteiger partial charge is 0.255 e. The summed E-state index contributed by atoms with van der Waals surface area (Å²) in [5, 5.41) is 2.83. The summed E-state index contributed by atoms with van der Waals surface area (Å²) in [6.07, 6.45) is 0. The fourth-order valence-corrected chi connectivity index (χ4v) is 4.92. The van der Waals surface area contributed by atoms with Gasteiger partial charge in [-0.2, -0.15) is 0 Å². The van der Waals surface area contributed by atoms with Crippen LogP contribution < -0.4 is 5.32 Å². The molecule has 1 amide bonds. The first-order valence-corrected chi connectivity index (χ1v) is 11.6. The minimum absolute atomic E-state index is 0.0289. The molecule has 0 aliphatic heterocycles. The number of carbonyl (C=O) groups excluding carboxylic acids is 1. The summed E-state index contributed by atoms with van der Waals surface area (Å²) in [5.74, 6) is 0.282. The van der Waals surface area contributed by atoms with E-state index in [9.17, 15) is 13.2 Å². The highest BCUT2D eigenvalue weighted by molar-refractivity contribution is 9.10. The van der Waals surface area contributed by atoms with Crippen LogP contribution in [0.4, 0.5) is 5.69 Å². The van der Waals surface area contributed by atoms with E-state index < -0.39 is 15.9 Å². The Morgan fingerprint density at radius 1 is 1.03 bits per heavy atom. The van der Waals surface area contributed by atoms with E-state index in [1.54, 1.807) is 18.2 Å². The number of nitrogens with one attached hydrogen (secondary N) is 2. The number of H-pyrrole nitrogens is 1. The molecule has 9 heteroatoms. The number of aromatic nitrogens is 2. The Morgan fingerprint density at radius 3 is 2.55 bits per heavy atom. The summed E-state index contributed by atoms with van der Waals surface area (Å²) in [4.78, 5) is 20.7. The van der Waals surface area contributed by atoms with Gasteiger partial charge < -0.3 is 10.3 Å². The first-order chi connectivity index (χ1) is 14.8. The Balaban J connectivity index is 1.62. The van der Waals surface area contributed by atoms with E-state index >= 15 is 0 Å². The molecular weight excluding hydrogens is 480 g/mol. The number of imidazole rings is 1. The Morgan fingerprint density at radius 2 is 1.81 bits per heavy atom. The molecule has 0 fully saturated rings. The summed E-state index contributed by atoms with van der Waals surface area (Å²) in [7, 11) is -0.813. The zero-order chi connectivity index (χ0) is 22.2. The van der Waals surface area contributed by atoms with Crippen molar-refractivity contribution in [1.82, 2.24) is 14.3 Å². The molecule has 0 radical (unpaired) electrons. The Bertz CT molecular complexity index is 1360. The van der Waals surface area contributed by atoms with Crippen LogP contribution in [0.15, 0.2) is 76.1 Å². The van der Waals surface area contributed by atoms with Crippen molar-refractivity contribution in [3.63, 3.8) is 0 Å². The summed E-state index contributed by atoms with van der Waals surface area (Å²) in [6, 6.07) is 19.5. The van der Waals surface area contributed by atoms with Crippen molar-refractivity contribution in [2.24, 2.45) is 0 Å². The number of benzene rings is 3. The molecule has 0 aliphatic carbocycles. The lowest BCUT2D eigenvalue weighted by molar-refractivity contribution is 0.102. The molecule has 0 unspecified atom stereocenters. The van der Waals surface area contributed by atoms with Crippen molar-refractivity contribution in [3.05, 3.63) is 76.8 Å². The molecule has 2 N–H and O–H groups in total. The summed E-state index contributed by atoms with van der Waals surface area (Å²) < 4.78 is 26.5. The van der Waals surface area contributed by atoms with Crippen LogP contribution in [0, 0.1) is 0 Å². The average Bonchev–Trinajstić information content (AvgIpc) is 3.18. The van der Waals surface area contributed by atoms with Gasteiger partial charge in [-0.05, 0) is 58.4 Å². The van der Waals surface area contributed by atoms with Crippen LogP contribution in [-0.4, -0.2) is 42.7 Å². The number of rotatable bonds is 5. The molecule has 0 spiro atoms. The highest BCUT2D eigenvalue weighted by atomic mass is 79.9. The Kier molecular flexibility index (Phi) is 5.65. The van der Waals surface area contributed by atoms with Crippen molar-refractivity contribution in [1.29, 1.82) is 0 Å². The standard InChI is InChI=1S/C22H19BrN4O3S/c1-27(2)31(29,30)20-13-15(10-11-17(20)23)22(28)24-16-7-5-6-14(12-16)21-25-18-8-3-4-9-19(18)26-21/h3-13H,1-2H3,(H,24,28)(H,25,26). The van der Waals surface area contributed by atoms with Crippen LogP contribution in [-0.2, 0) is 10.0 Å². The number of aromatic amines is 1. The zero-order valence-corrected chi connectivity index (χ0v) is 19.2. The van der Waals surface area contributed by atoms with Gasteiger partial charge in [0, 0.05) is 35.4 Å². The summed E-state index contributed by atoms with van der Waals surface area (Å²) >= 11 is 3.25. The van der Waals surface area contributed by atoms with E-state index in [2.05, 4.69) is 31.2 Å². The van der Waals surface area contributed by atoms with Gasteiger partial charge in [-0.25, -0.2) is 17.7 Å². The molecule has 0 aliphatic rings. The molecule has 0 saturated heterocycles. The number of hydrogen-bond donors (Lipinski definition) is 2. The third-order valence-electron chi connectivity index (χ3n) is 4.74. The second-order valence-corrected chi connectivity index (χ2v) is 10.0. The first kappa shape index (κ1) is 21.2. The minimum Gasteiger partial charge on any atom is -0.338 e. The van der Waals surface area contributed by atoms with Crippen LogP contribution in [0.3, 0.4) is 0 Å². The molecule has 4 rings (SSSR count). The maximum atomic E-state index is 12.8. The van der Waals surface area contributed by atoms with Gasteiger partial charge in [0.25, 0.3) is 5.91 Å². The molecule has 1 heterocycles. The third kappa shape index (κ3) is 4.25. The second-order valence-electron chi connectivity index (χ2n) is 7.07. The van der Waals surface area contributed by atoms with E-state index in [1.807, 2.05) is 42.5 Å². The maximum absolute atomic E-state index is 12.8. The number of para-hydroxylation sites is 2. The Hall–Kier alpha value is -3.01. The summed E-state index contributed by atoms with van der Waals surface area (Å²) in [6.45, 7) is 0. The normalized spacial score (nSPS) is 11.7. The van der Waals surface area contributed by atoms with E-state index in [0.29, 0.717) is 16.0 Å². The number of hydrogen-bond acceptors (Lipinski definition) is 4. The van der Waals surface area contributed by atoms with Crippen molar-refractivity contribution in [2.45, 2.75) is 4.90 Å². The first-order valence-electron chi connectivity index (χ1n) is 9.34. The number of anilines is 1. The lowest BCUT2D eigenvalue weighted by Gasteiger charge is -2.14. The van der Waals surface area contributed by atoms with E-state index in [4.69, 9.17) is 0 Å². The van der Waals surface area contributed by atoms with Gasteiger partial charge in [0.05, 0.1) is 15.9 Å². The largest absolute Gasteiger partial charge is 0.338 e. The van der Waals surface area contributed by atoms with Crippen molar-refractivity contribution >= 4 is 48.6 Å². The zero-order valence-electron chi connectivity index (χ0n) is 16.8. The van der Waals surface area contributed by atoms with Gasteiger partial charge in [-0.3, -0.25) is 4.79 Å². The predicted octanol–water partition coefficient (Wildman–Crippen LogP) is 4.50. The molecular formula is C22H19BrN4O3S. The fraction of sp³-hybridized carbons (Fsp3) is 0.0909. The minimum atomic E-state index is -3.70.